The number of methoxy groups -OCH3 is 2. The van der Waals surface area contributed by atoms with Gasteiger partial charge in [-0.2, -0.15) is 0 Å². The fourth-order valence-electron chi connectivity index (χ4n) is 3.58. The van der Waals surface area contributed by atoms with Crippen molar-refractivity contribution in [2.75, 3.05) is 45.4 Å². The summed E-state index contributed by atoms with van der Waals surface area (Å²) in [5.74, 6) is -0.666. The zero-order valence-electron chi connectivity index (χ0n) is 14.7. The van der Waals surface area contributed by atoms with Crippen molar-refractivity contribution in [2.45, 2.75) is 18.7 Å². The van der Waals surface area contributed by atoms with E-state index in [9.17, 15) is 18.0 Å². The van der Waals surface area contributed by atoms with E-state index in [1.165, 1.54) is 18.4 Å². The number of ether oxygens (including phenoxy) is 2. The molecule has 2 atom stereocenters. The van der Waals surface area contributed by atoms with E-state index in [1.807, 2.05) is 6.07 Å². The summed E-state index contributed by atoms with van der Waals surface area (Å²) < 4.78 is 34.4. The highest BCUT2D eigenvalue weighted by atomic mass is 32.2. The second kappa shape index (κ2) is 7.63. The average molecular weight is 402 g/mol. The van der Waals surface area contributed by atoms with Crippen LogP contribution in [0.4, 0.5) is 0 Å². The van der Waals surface area contributed by atoms with Crippen molar-refractivity contribution >= 4 is 33.0 Å². The SMILES string of the molecule is COCC(=O)N1CCN(C(=O)c2ccc(COC)s2)[C@@H]2CS(=O)(=O)C[C@@H]21. The first-order valence-corrected chi connectivity index (χ1v) is 10.9. The number of rotatable bonds is 5. The Hall–Kier alpha value is -1.49. The Morgan fingerprint density at radius 2 is 1.77 bits per heavy atom. The number of fused-ring (bicyclic) bond motifs is 1. The largest absolute Gasteiger partial charge is 0.379 e. The minimum Gasteiger partial charge on any atom is -0.379 e. The van der Waals surface area contributed by atoms with Crippen LogP contribution < -0.4 is 0 Å². The lowest BCUT2D eigenvalue weighted by Gasteiger charge is -2.43. The summed E-state index contributed by atoms with van der Waals surface area (Å²) >= 11 is 1.34. The topological polar surface area (TPSA) is 93.2 Å². The van der Waals surface area contributed by atoms with Gasteiger partial charge < -0.3 is 19.3 Å². The number of piperazine rings is 1. The second-order valence-electron chi connectivity index (χ2n) is 6.43. The zero-order valence-corrected chi connectivity index (χ0v) is 16.3. The summed E-state index contributed by atoms with van der Waals surface area (Å²) in [5, 5.41) is 0. The van der Waals surface area contributed by atoms with Crippen LogP contribution in [0, 0.1) is 0 Å². The Labute approximate surface area is 156 Å². The van der Waals surface area contributed by atoms with E-state index in [-0.39, 0.29) is 29.9 Å². The monoisotopic (exact) mass is 402 g/mol. The molecule has 2 fully saturated rings. The molecule has 0 aromatic carbocycles. The molecule has 3 heterocycles. The first kappa shape index (κ1) is 19.3. The highest BCUT2D eigenvalue weighted by Crippen LogP contribution is 2.29. The van der Waals surface area contributed by atoms with Crippen molar-refractivity contribution in [3.8, 4) is 0 Å². The van der Waals surface area contributed by atoms with Crippen LogP contribution in [0.15, 0.2) is 12.1 Å². The van der Waals surface area contributed by atoms with E-state index >= 15 is 0 Å². The lowest BCUT2D eigenvalue weighted by molar-refractivity contribution is -0.140. The van der Waals surface area contributed by atoms with Crippen LogP contribution in [-0.2, 0) is 30.7 Å². The number of hydrogen-bond acceptors (Lipinski definition) is 7. The van der Waals surface area contributed by atoms with Gasteiger partial charge in [-0.15, -0.1) is 11.3 Å². The first-order chi connectivity index (χ1) is 12.4. The summed E-state index contributed by atoms with van der Waals surface area (Å²) in [6.45, 7) is 0.948. The molecule has 144 valence electrons. The van der Waals surface area contributed by atoms with Crippen LogP contribution in [0.3, 0.4) is 0 Å². The van der Waals surface area contributed by atoms with Gasteiger partial charge in [0, 0.05) is 32.2 Å². The van der Waals surface area contributed by atoms with Crippen LogP contribution in [0.1, 0.15) is 14.5 Å². The summed E-state index contributed by atoms with van der Waals surface area (Å²) in [5.41, 5.74) is 0. The molecule has 10 heteroatoms. The Morgan fingerprint density at radius 1 is 1.12 bits per heavy atom. The summed E-state index contributed by atoms with van der Waals surface area (Å²) in [7, 11) is -0.293. The Balaban J connectivity index is 1.83. The number of carbonyl (C=O) groups is 2. The molecule has 8 nitrogen and oxygen atoms in total. The highest BCUT2D eigenvalue weighted by Gasteiger charge is 2.49. The summed E-state index contributed by atoms with van der Waals surface area (Å²) in [6, 6.07) is 2.54. The molecular weight excluding hydrogens is 380 g/mol. The van der Waals surface area contributed by atoms with Crippen molar-refractivity contribution in [3.63, 3.8) is 0 Å². The van der Waals surface area contributed by atoms with Crippen LogP contribution in [0.25, 0.3) is 0 Å². The highest BCUT2D eigenvalue weighted by molar-refractivity contribution is 7.91. The van der Waals surface area contributed by atoms with E-state index in [4.69, 9.17) is 9.47 Å². The molecule has 2 aliphatic rings. The molecule has 2 aliphatic heterocycles. The molecule has 0 unspecified atom stereocenters. The molecule has 1 aromatic rings. The van der Waals surface area contributed by atoms with Gasteiger partial charge in [0.1, 0.15) is 6.61 Å². The minimum atomic E-state index is -3.31. The molecule has 2 saturated heterocycles. The van der Waals surface area contributed by atoms with Gasteiger partial charge in [0.05, 0.1) is 35.1 Å². The van der Waals surface area contributed by atoms with Gasteiger partial charge in [0.2, 0.25) is 5.91 Å². The first-order valence-electron chi connectivity index (χ1n) is 8.23. The van der Waals surface area contributed by atoms with Gasteiger partial charge in [0.25, 0.3) is 5.91 Å². The van der Waals surface area contributed by atoms with Crippen molar-refractivity contribution in [2.24, 2.45) is 0 Å². The van der Waals surface area contributed by atoms with Gasteiger partial charge >= 0.3 is 0 Å². The Kier molecular flexibility index (Phi) is 5.66. The maximum absolute atomic E-state index is 12.9. The third kappa shape index (κ3) is 3.78. The number of hydrogen-bond donors (Lipinski definition) is 0. The molecule has 0 radical (unpaired) electrons. The molecule has 3 rings (SSSR count). The molecule has 0 N–H and O–H groups in total. The fourth-order valence-corrected chi connectivity index (χ4v) is 6.49. The number of carbonyl (C=O) groups excluding carboxylic acids is 2. The Morgan fingerprint density at radius 3 is 2.42 bits per heavy atom. The average Bonchev–Trinajstić information content (AvgIpc) is 3.16. The number of thiophene rings is 1. The molecule has 0 aliphatic carbocycles. The van der Waals surface area contributed by atoms with Crippen LogP contribution in [0.5, 0.6) is 0 Å². The van der Waals surface area contributed by atoms with Crippen molar-refractivity contribution in [3.05, 3.63) is 21.9 Å². The molecule has 0 saturated carbocycles. The maximum atomic E-state index is 12.9. The van der Waals surface area contributed by atoms with E-state index < -0.39 is 21.9 Å². The standard InChI is InChI=1S/C16H22N2O6S2/c1-23-7-11-3-4-14(25-11)16(20)18-6-5-17(15(19)8-24-2)12-9-26(21,22)10-13(12)18/h3-4,12-13H,5-10H2,1-2H3/t12-,13+/m0/s1. The number of amides is 2. The predicted octanol–water partition coefficient (Wildman–Crippen LogP) is -0.00910. The maximum Gasteiger partial charge on any atom is 0.264 e. The summed E-state index contributed by atoms with van der Waals surface area (Å²) in [6.07, 6.45) is 0. The number of nitrogens with zero attached hydrogens (tertiary/aromatic N) is 2. The predicted molar refractivity (Wildman–Crippen MR) is 95.9 cm³/mol. The molecule has 0 bridgehead atoms. The van der Waals surface area contributed by atoms with E-state index in [0.29, 0.717) is 24.6 Å². The molecule has 26 heavy (non-hydrogen) atoms. The van der Waals surface area contributed by atoms with Crippen molar-refractivity contribution in [1.82, 2.24) is 9.80 Å². The van der Waals surface area contributed by atoms with Crippen molar-refractivity contribution in [1.29, 1.82) is 0 Å². The minimum absolute atomic E-state index is 0.0947. The molecular formula is C16H22N2O6S2. The van der Waals surface area contributed by atoms with Crippen molar-refractivity contribution < 1.29 is 27.5 Å². The van der Waals surface area contributed by atoms with Crippen LogP contribution in [-0.4, -0.2) is 87.5 Å². The van der Waals surface area contributed by atoms with Crippen LogP contribution in [0.2, 0.25) is 0 Å². The van der Waals surface area contributed by atoms with E-state index in [0.717, 1.165) is 4.88 Å². The normalized spacial score (nSPS) is 24.5. The third-order valence-electron chi connectivity index (χ3n) is 4.68. The van der Waals surface area contributed by atoms with Gasteiger partial charge in [-0.1, -0.05) is 0 Å². The molecule has 2 amide bonds. The van der Waals surface area contributed by atoms with Gasteiger partial charge in [-0.3, -0.25) is 9.59 Å². The smallest absolute Gasteiger partial charge is 0.264 e. The fraction of sp³-hybridized carbons (Fsp3) is 0.625. The third-order valence-corrected chi connectivity index (χ3v) is 7.43. The molecule has 1 aromatic heterocycles. The molecule has 0 spiro atoms. The van der Waals surface area contributed by atoms with Gasteiger partial charge in [-0.05, 0) is 12.1 Å². The lowest BCUT2D eigenvalue weighted by Crippen LogP contribution is -2.62. The zero-order chi connectivity index (χ0) is 18.9. The number of sulfone groups is 1. The van der Waals surface area contributed by atoms with Crippen LogP contribution >= 0.6 is 11.3 Å². The van der Waals surface area contributed by atoms with E-state index in [2.05, 4.69) is 0 Å². The Bertz CT molecular complexity index is 790. The van der Waals surface area contributed by atoms with E-state index in [1.54, 1.807) is 23.0 Å². The quantitative estimate of drug-likeness (QED) is 0.688. The van der Waals surface area contributed by atoms with Gasteiger partial charge in [-0.25, -0.2) is 8.42 Å². The summed E-state index contributed by atoms with van der Waals surface area (Å²) in [4.78, 5) is 29.8. The lowest BCUT2D eigenvalue weighted by atomic mass is 10.0. The van der Waals surface area contributed by atoms with Gasteiger partial charge in [0.15, 0.2) is 9.84 Å². The second-order valence-corrected chi connectivity index (χ2v) is 9.75.